The van der Waals surface area contributed by atoms with Crippen molar-refractivity contribution in [3.63, 3.8) is 0 Å². The van der Waals surface area contributed by atoms with Gasteiger partial charge < -0.3 is 21.1 Å². The van der Waals surface area contributed by atoms with Gasteiger partial charge in [-0.1, -0.05) is 17.7 Å². The van der Waals surface area contributed by atoms with E-state index in [0.717, 1.165) is 5.69 Å². The number of amides is 1. The molecule has 152 valence electrons. The Hall–Kier alpha value is -4.02. The van der Waals surface area contributed by atoms with Gasteiger partial charge in [-0.2, -0.15) is 4.98 Å². The third kappa shape index (κ3) is 6.27. The number of carboxylic acid groups (broad SMARTS) is 1. The van der Waals surface area contributed by atoms with Crippen LogP contribution in [0.5, 0.6) is 0 Å². The first kappa shape index (κ1) is 21.3. The summed E-state index contributed by atoms with van der Waals surface area (Å²) < 4.78 is 0. The van der Waals surface area contributed by atoms with Crippen LogP contribution >= 0.6 is 0 Å². The van der Waals surface area contributed by atoms with Gasteiger partial charge in [0.25, 0.3) is 5.56 Å². The van der Waals surface area contributed by atoms with E-state index >= 15 is 0 Å². The molecule has 0 fully saturated rings. The van der Waals surface area contributed by atoms with E-state index in [2.05, 4.69) is 32.1 Å². The van der Waals surface area contributed by atoms with Crippen LogP contribution in [0.15, 0.2) is 35.3 Å². The maximum atomic E-state index is 11.9. The normalized spacial score (nSPS) is 10.0. The second-order valence-electron chi connectivity index (χ2n) is 6.07. The first-order valence-corrected chi connectivity index (χ1v) is 8.48. The molecule has 3 rings (SSSR count). The third-order valence-electron chi connectivity index (χ3n) is 3.70. The summed E-state index contributed by atoms with van der Waals surface area (Å²) >= 11 is 0. The number of nitrogens with zero attached hydrogens (tertiary/aromatic N) is 4. The second kappa shape index (κ2) is 9.78. The van der Waals surface area contributed by atoms with Crippen molar-refractivity contribution < 1.29 is 14.7 Å². The Morgan fingerprint density at radius 1 is 1.31 bits per heavy atom. The number of fused-ring (bicyclic) bond motifs is 1. The van der Waals surface area contributed by atoms with E-state index in [1.807, 2.05) is 36.3 Å². The molecule has 0 atom stereocenters. The molecule has 0 saturated carbocycles. The topological polar surface area (TPSA) is 167 Å². The number of nitrogens with two attached hydrogens (primary N) is 1. The molecule has 2 aromatic heterocycles. The van der Waals surface area contributed by atoms with Crippen molar-refractivity contribution >= 4 is 35.2 Å². The summed E-state index contributed by atoms with van der Waals surface area (Å²) in [6, 6.07) is 8.18. The molecule has 0 radical (unpaired) electrons. The number of hydrogen-bond acceptors (Lipinski definition) is 8. The number of aryl methyl sites for hydroxylation is 1. The van der Waals surface area contributed by atoms with Gasteiger partial charge in [-0.05, 0) is 19.1 Å². The van der Waals surface area contributed by atoms with Gasteiger partial charge in [0, 0.05) is 12.7 Å². The van der Waals surface area contributed by atoms with Crippen molar-refractivity contribution in [2.24, 2.45) is 0 Å². The van der Waals surface area contributed by atoms with Crippen molar-refractivity contribution in [1.29, 1.82) is 0 Å². The van der Waals surface area contributed by atoms with Gasteiger partial charge in [0.15, 0.2) is 11.2 Å². The van der Waals surface area contributed by atoms with E-state index in [1.54, 1.807) is 6.20 Å². The number of hydrogen-bond donors (Lipinski definition) is 4. The molecule has 2 heterocycles. The molecule has 11 heteroatoms. The Bertz CT molecular complexity index is 1050. The lowest BCUT2D eigenvalue weighted by Gasteiger charge is -2.18. The van der Waals surface area contributed by atoms with Gasteiger partial charge in [-0.25, -0.2) is 9.97 Å². The Labute approximate surface area is 165 Å². The highest BCUT2D eigenvalue weighted by Gasteiger charge is 2.09. The molecule has 0 saturated heterocycles. The summed E-state index contributed by atoms with van der Waals surface area (Å²) in [5, 5.41) is 9.79. The highest BCUT2D eigenvalue weighted by Crippen LogP contribution is 2.15. The number of rotatable bonds is 6. The highest BCUT2D eigenvalue weighted by atomic mass is 16.4. The average Bonchev–Trinajstić information content (AvgIpc) is 2.67. The van der Waals surface area contributed by atoms with Crippen LogP contribution in [0.4, 0.5) is 11.6 Å². The van der Waals surface area contributed by atoms with Crippen LogP contribution in [0.3, 0.4) is 0 Å². The van der Waals surface area contributed by atoms with E-state index < -0.39 is 5.97 Å². The fraction of sp³-hybridized carbons (Fsp3) is 0.222. The Kier molecular flexibility index (Phi) is 7.18. The van der Waals surface area contributed by atoms with Gasteiger partial charge >= 0.3 is 5.97 Å². The average molecular weight is 399 g/mol. The monoisotopic (exact) mass is 399 g/mol. The number of carbonyl (C=O) groups is 2. The molecule has 1 aromatic carbocycles. The lowest BCUT2D eigenvalue weighted by molar-refractivity contribution is -0.136. The minimum atomic E-state index is -1.04. The predicted octanol–water partition coefficient (Wildman–Crippen LogP) is 0.0571. The lowest BCUT2D eigenvalue weighted by atomic mass is 10.2. The fourth-order valence-corrected chi connectivity index (χ4v) is 2.31. The number of aliphatic carboxylic acids is 1. The van der Waals surface area contributed by atoms with Gasteiger partial charge in [-0.15, -0.1) is 0 Å². The quantitative estimate of drug-likeness (QED) is 0.419. The van der Waals surface area contributed by atoms with Crippen LogP contribution in [0.25, 0.3) is 11.2 Å². The molecule has 1 amide bonds. The molecule has 0 aliphatic heterocycles. The molecule has 0 unspecified atom stereocenters. The molecule has 3 aromatic rings. The zero-order valence-corrected chi connectivity index (χ0v) is 15.9. The minimum Gasteiger partial charge on any atom is -0.480 e. The number of H-pyrrole nitrogens is 1. The van der Waals surface area contributed by atoms with Crippen molar-refractivity contribution in [3.8, 4) is 0 Å². The number of aromatic amines is 1. The third-order valence-corrected chi connectivity index (χ3v) is 3.70. The predicted molar refractivity (Wildman–Crippen MR) is 107 cm³/mol. The summed E-state index contributed by atoms with van der Waals surface area (Å²) in [4.78, 5) is 47.6. The molecule has 11 nitrogen and oxygen atoms in total. The van der Waals surface area contributed by atoms with Gasteiger partial charge in [0.05, 0.1) is 18.4 Å². The molecular weight excluding hydrogens is 378 g/mol. The van der Waals surface area contributed by atoms with Crippen LogP contribution < -0.4 is 21.5 Å². The van der Waals surface area contributed by atoms with E-state index in [1.165, 1.54) is 5.56 Å². The molecular formula is C18H21N7O4. The lowest BCUT2D eigenvalue weighted by Crippen LogP contribution is -2.20. The van der Waals surface area contributed by atoms with Crippen molar-refractivity contribution in [2.75, 3.05) is 24.2 Å². The second-order valence-corrected chi connectivity index (χ2v) is 6.07. The molecule has 29 heavy (non-hydrogen) atoms. The van der Waals surface area contributed by atoms with Crippen molar-refractivity contribution in [2.45, 2.75) is 13.5 Å². The largest absolute Gasteiger partial charge is 0.480 e. The zero-order valence-electron chi connectivity index (χ0n) is 15.9. The SMILES string of the molecule is Cc1ccc(N(C)Cc2cnc3nc(N)[nH]c(=O)c3n2)cc1.O=CNCC(=O)O. The first-order chi connectivity index (χ1) is 13.8. The summed E-state index contributed by atoms with van der Waals surface area (Å²) in [5.41, 5.74) is 8.52. The highest BCUT2D eigenvalue weighted by molar-refractivity contribution is 5.71. The number of carboxylic acids is 1. The standard InChI is InChI=1S/C15H16N6O.C3H5NO3/c1-9-3-5-11(6-4-9)21(2)8-10-7-17-13-12(18-10)14(22)20-15(16)19-13;5-2-4-1-3(6)7/h3-7H,8H2,1-2H3,(H3,16,17,19,20,22);2H,1H2,(H,4,5)(H,6,7). The van der Waals surface area contributed by atoms with Gasteiger partial charge in [0.2, 0.25) is 12.4 Å². The first-order valence-electron chi connectivity index (χ1n) is 8.48. The maximum Gasteiger partial charge on any atom is 0.322 e. The fourth-order valence-electron chi connectivity index (χ4n) is 2.31. The van der Waals surface area contributed by atoms with E-state index in [9.17, 15) is 14.4 Å². The summed E-state index contributed by atoms with van der Waals surface area (Å²) in [5.74, 6) is -0.997. The van der Waals surface area contributed by atoms with Gasteiger partial charge in [0.1, 0.15) is 6.54 Å². The van der Waals surface area contributed by atoms with E-state index in [-0.39, 0.29) is 29.2 Å². The number of benzene rings is 1. The number of nitrogen functional groups attached to an aromatic ring is 1. The van der Waals surface area contributed by atoms with Crippen molar-refractivity contribution in [3.05, 3.63) is 52.1 Å². The van der Waals surface area contributed by atoms with E-state index in [4.69, 9.17) is 10.8 Å². The molecule has 0 aliphatic carbocycles. The van der Waals surface area contributed by atoms with Crippen LogP contribution in [-0.4, -0.2) is 51.0 Å². The molecule has 5 N–H and O–H groups in total. The van der Waals surface area contributed by atoms with Crippen LogP contribution in [0.2, 0.25) is 0 Å². The Balaban J connectivity index is 0.000000370. The van der Waals surface area contributed by atoms with Crippen molar-refractivity contribution in [1.82, 2.24) is 25.3 Å². The summed E-state index contributed by atoms with van der Waals surface area (Å²) in [6.45, 7) is 2.28. The maximum absolute atomic E-state index is 11.9. The number of aromatic nitrogens is 4. The smallest absolute Gasteiger partial charge is 0.322 e. The van der Waals surface area contributed by atoms with Crippen LogP contribution in [0.1, 0.15) is 11.3 Å². The molecule has 0 aliphatic rings. The number of nitrogens with one attached hydrogen (secondary N) is 2. The van der Waals surface area contributed by atoms with Crippen LogP contribution in [0, 0.1) is 6.92 Å². The molecule has 0 spiro atoms. The zero-order chi connectivity index (χ0) is 21.4. The summed E-state index contributed by atoms with van der Waals surface area (Å²) in [6.07, 6.45) is 1.95. The Morgan fingerprint density at radius 3 is 2.59 bits per heavy atom. The van der Waals surface area contributed by atoms with E-state index in [0.29, 0.717) is 18.6 Å². The number of carbonyl (C=O) groups excluding carboxylic acids is 1. The van der Waals surface area contributed by atoms with Gasteiger partial charge in [-0.3, -0.25) is 19.4 Å². The number of anilines is 2. The Morgan fingerprint density at radius 2 is 2.00 bits per heavy atom. The minimum absolute atomic E-state index is 0.0383. The summed E-state index contributed by atoms with van der Waals surface area (Å²) in [7, 11) is 1.96. The van der Waals surface area contributed by atoms with Crippen LogP contribution in [-0.2, 0) is 16.1 Å². The molecule has 0 bridgehead atoms.